The van der Waals surface area contributed by atoms with E-state index < -0.39 is 0 Å². The maximum atomic E-state index is 12.4. The summed E-state index contributed by atoms with van der Waals surface area (Å²) in [6, 6.07) is 7.11. The first kappa shape index (κ1) is 15.0. The van der Waals surface area contributed by atoms with Gasteiger partial charge >= 0.3 is 0 Å². The molecule has 104 valence electrons. The Kier molecular flexibility index (Phi) is 5.36. The van der Waals surface area contributed by atoms with Gasteiger partial charge in [0.2, 0.25) is 5.91 Å². The number of anilines is 1. The molecule has 5 heteroatoms. The summed E-state index contributed by atoms with van der Waals surface area (Å²) in [5, 5.41) is 11.8. The highest BCUT2D eigenvalue weighted by atomic mass is 16.4. The van der Waals surface area contributed by atoms with Crippen LogP contribution in [0.1, 0.15) is 32.3 Å². The van der Waals surface area contributed by atoms with Crippen LogP contribution in [0.15, 0.2) is 29.4 Å². The smallest absolute Gasteiger partial charge is 0.229 e. The molecule has 19 heavy (non-hydrogen) atoms. The molecule has 5 nitrogen and oxygen atoms in total. The van der Waals surface area contributed by atoms with Crippen LogP contribution in [0.5, 0.6) is 0 Å². The fourth-order valence-corrected chi connectivity index (χ4v) is 2.07. The molecule has 0 aromatic heterocycles. The van der Waals surface area contributed by atoms with Crippen LogP contribution in [0.25, 0.3) is 0 Å². The summed E-state index contributed by atoms with van der Waals surface area (Å²) in [7, 11) is 1.71. The number of hydrogen-bond acceptors (Lipinski definition) is 3. The highest BCUT2D eigenvalue weighted by Gasteiger charge is 2.22. The Hall–Kier alpha value is -2.04. The van der Waals surface area contributed by atoms with Crippen LogP contribution in [-0.2, 0) is 4.79 Å². The Bertz CT molecular complexity index is 468. The number of rotatable bonds is 5. The number of amides is 1. The van der Waals surface area contributed by atoms with Gasteiger partial charge in [0.1, 0.15) is 0 Å². The van der Waals surface area contributed by atoms with Gasteiger partial charge < -0.3 is 15.8 Å². The highest BCUT2D eigenvalue weighted by molar-refractivity contribution is 6.06. The predicted molar refractivity (Wildman–Crippen MR) is 76.4 cm³/mol. The molecule has 0 saturated carbocycles. The zero-order valence-corrected chi connectivity index (χ0v) is 11.6. The minimum Gasteiger partial charge on any atom is -0.409 e. The summed E-state index contributed by atoms with van der Waals surface area (Å²) in [5.41, 5.74) is 6.83. The van der Waals surface area contributed by atoms with E-state index >= 15 is 0 Å². The number of nitrogens with zero attached hydrogens (tertiary/aromatic N) is 2. The maximum absolute atomic E-state index is 12.4. The molecule has 0 aliphatic rings. The summed E-state index contributed by atoms with van der Waals surface area (Å²) < 4.78 is 0. The molecule has 0 radical (unpaired) electrons. The van der Waals surface area contributed by atoms with E-state index in [1.165, 1.54) is 0 Å². The lowest BCUT2D eigenvalue weighted by molar-refractivity contribution is -0.122. The number of benzene rings is 1. The second kappa shape index (κ2) is 6.78. The molecule has 1 aromatic rings. The van der Waals surface area contributed by atoms with Crippen molar-refractivity contribution in [2.75, 3.05) is 11.9 Å². The van der Waals surface area contributed by atoms with Crippen molar-refractivity contribution in [1.29, 1.82) is 0 Å². The molecule has 0 aliphatic heterocycles. The van der Waals surface area contributed by atoms with Crippen molar-refractivity contribution in [3.63, 3.8) is 0 Å². The molecule has 0 heterocycles. The van der Waals surface area contributed by atoms with Crippen molar-refractivity contribution in [1.82, 2.24) is 0 Å². The largest absolute Gasteiger partial charge is 0.409 e. The Balaban J connectivity index is 3.13. The quantitative estimate of drug-likeness (QED) is 0.370. The maximum Gasteiger partial charge on any atom is 0.229 e. The first-order valence-electron chi connectivity index (χ1n) is 6.41. The molecule has 0 bridgehead atoms. The molecular weight excluding hydrogens is 242 g/mol. The van der Waals surface area contributed by atoms with Crippen molar-refractivity contribution < 1.29 is 10.0 Å². The average molecular weight is 263 g/mol. The van der Waals surface area contributed by atoms with E-state index in [0.717, 1.165) is 12.8 Å². The summed E-state index contributed by atoms with van der Waals surface area (Å²) in [6.45, 7) is 3.99. The van der Waals surface area contributed by atoms with Crippen LogP contribution in [0.3, 0.4) is 0 Å². The van der Waals surface area contributed by atoms with Gasteiger partial charge in [-0.15, -0.1) is 0 Å². The van der Waals surface area contributed by atoms with Gasteiger partial charge in [-0.05, 0) is 25.0 Å². The zero-order chi connectivity index (χ0) is 14.4. The first-order valence-corrected chi connectivity index (χ1v) is 6.41. The van der Waals surface area contributed by atoms with E-state index in [1.54, 1.807) is 30.1 Å². The molecule has 1 aromatic carbocycles. The third-order valence-corrected chi connectivity index (χ3v) is 3.31. The summed E-state index contributed by atoms with van der Waals surface area (Å²) in [4.78, 5) is 13.9. The number of carbonyl (C=O) groups is 1. The normalized spacial score (nSPS) is 11.7. The molecule has 0 spiro atoms. The van der Waals surface area contributed by atoms with E-state index in [-0.39, 0.29) is 17.7 Å². The van der Waals surface area contributed by atoms with Gasteiger partial charge in [-0.2, -0.15) is 0 Å². The van der Waals surface area contributed by atoms with Crippen molar-refractivity contribution >= 4 is 17.4 Å². The minimum absolute atomic E-state index is 0.000188. The third-order valence-electron chi connectivity index (χ3n) is 3.31. The van der Waals surface area contributed by atoms with E-state index in [4.69, 9.17) is 10.9 Å². The lowest BCUT2D eigenvalue weighted by atomic mass is 10.0. The molecule has 0 atom stereocenters. The summed E-state index contributed by atoms with van der Waals surface area (Å²) >= 11 is 0. The molecule has 0 unspecified atom stereocenters. The predicted octanol–water partition coefficient (Wildman–Crippen LogP) is 2.18. The van der Waals surface area contributed by atoms with E-state index in [0.29, 0.717) is 11.3 Å². The Morgan fingerprint density at radius 3 is 2.47 bits per heavy atom. The standard InChI is InChI=1S/C14H21N3O2/c1-4-10(5-2)14(18)17(3)12-9-7-6-8-11(12)13(15)16-19/h6-10,19H,4-5H2,1-3H3,(H2,15,16). The fraction of sp³-hybridized carbons (Fsp3) is 0.429. The van der Waals surface area contributed by atoms with Gasteiger partial charge in [0, 0.05) is 18.5 Å². The molecule has 1 amide bonds. The lowest BCUT2D eigenvalue weighted by Gasteiger charge is -2.24. The van der Waals surface area contributed by atoms with Crippen molar-refractivity contribution in [2.45, 2.75) is 26.7 Å². The van der Waals surface area contributed by atoms with E-state index in [2.05, 4.69) is 5.16 Å². The second-order valence-electron chi connectivity index (χ2n) is 4.41. The van der Waals surface area contributed by atoms with Gasteiger partial charge in [-0.3, -0.25) is 4.79 Å². The van der Waals surface area contributed by atoms with E-state index in [1.807, 2.05) is 19.9 Å². The lowest BCUT2D eigenvalue weighted by Crippen LogP contribution is -2.34. The van der Waals surface area contributed by atoms with Crippen molar-refractivity contribution in [2.24, 2.45) is 16.8 Å². The Labute approximate surface area is 113 Å². The number of carbonyl (C=O) groups excluding carboxylic acids is 1. The number of amidine groups is 1. The first-order chi connectivity index (χ1) is 9.06. The van der Waals surface area contributed by atoms with Gasteiger partial charge in [0.05, 0.1) is 5.69 Å². The molecule has 1 rings (SSSR count). The third kappa shape index (κ3) is 3.24. The Morgan fingerprint density at radius 1 is 1.37 bits per heavy atom. The average Bonchev–Trinajstić information content (AvgIpc) is 2.46. The molecule has 0 saturated heterocycles. The van der Waals surface area contributed by atoms with Gasteiger partial charge in [-0.25, -0.2) is 0 Å². The van der Waals surface area contributed by atoms with Gasteiger partial charge in [0.25, 0.3) is 0 Å². The van der Waals surface area contributed by atoms with Crippen LogP contribution >= 0.6 is 0 Å². The van der Waals surface area contributed by atoms with Crippen LogP contribution in [0.4, 0.5) is 5.69 Å². The van der Waals surface area contributed by atoms with E-state index in [9.17, 15) is 4.79 Å². The van der Waals surface area contributed by atoms with Crippen LogP contribution in [-0.4, -0.2) is 24.0 Å². The molecule has 0 aliphatic carbocycles. The molecular formula is C14H21N3O2. The number of nitrogens with two attached hydrogens (primary N) is 1. The van der Waals surface area contributed by atoms with Crippen LogP contribution in [0.2, 0.25) is 0 Å². The topological polar surface area (TPSA) is 78.9 Å². The fourth-order valence-electron chi connectivity index (χ4n) is 2.07. The number of oxime groups is 1. The monoisotopic (exact) mass is 263 g/mol. The summed E-state index contributed by atoms with van der Waals surface area (Å²) in [6.07, 6.45) is 1.59. The van der Waals surface area contributed by atoms with Gasteiger partial charge in [0.15, 0.2) is 5.84 Å². The molecule has 3 N–H and O–H groups in total. The summed E-state index contributed by atoms with van der Waals surface area (Å²) in [5.74, 6) is 0.0355. The number of para-hydroxylation sites is 1. The van der Waals surface area contributed by atoms with Gasteiger partial charge in [-0.1, -0.05) is 31.1 Å². The SMILES string of the molecule is CCC(CC)C(=O)N(C)c1ccccc1C(N)=NO. The Morgan fingerprint density at radius 2 is 1.95 bits per heavy atom. The van der Waals surface area contributed by atoms with Crippen LogP contribution < -0.4 is 10.6 Å². The second-order valence-corrected chi connectivity index (χ2v) is 4.41. The van der Waals surface area contributed by atoms with Crippen LogP contribution in [0, 0.1) is 5.92 Å². The number of hydrogen-bond donors (Lipinski definition) is 2. The van der Waals surface area contributed by atoms with Crippen molar-refractivity contribution in [3.8, 4) is 0 Å². The zero-order valence-electron chi connectivity index (χ0n) is 11.6. The molecule has 0 fully saturated rings. The van der Waals surface area contributed by atoms with Crippen molar-refractivity contribution in [3.05, 3.63) is 29.8 Å². The highest BCUT2D eigenvalue weighted by Crippen LogP contribution is 2.22. The minimum atomic E-state index is -0.00894.